The summed E-state index contributed by atoms with van der Waals surface area (Å²) in [7, 11) is 0. The Kier molecular flexibility index (Phi) is 3.10. The van der Waals surface area contributed by atoms with Crippen LogP contribution in [0.25, 0.3) is 10.9 Å². The van der Waals surface area contributed by atoms with Crippen LogP contribution in [-0.4, -0.2) is 21.0 Å². The minimum Gasteiger partial charge on any atom is -0.481 e. The number of aromatic nitrogens is 2. The molecule has 5 nitrogen and oxygen atoms in total. The van der Waals surface area contributed by atoms with Crippen molar-refractivity contribution in [2.24, 2.45) is 5.92 Å². The summed E-state index contributed by atoms with van der Waals surface area (Å²) < 4.78 is 13.2. The number of anilines is 1. The van der Waals surface area contributed by atoms with Gasteiger partial charge in [-0.1, -0.05) is 6.92 Å². The second-order valence-corrected chi connectivity index (χ2v) is 4.13. The molecule has 2 aromatic rings. The van der Waals surface area contributed by atoms with Crippen molar-refractivity contribution < 1.29 is 14.3 Å². The molecule has 18 heavy (non-hydrogen) atoms. The first-order valence-corrected chi connectivity index (χ1v) is 5.42. The number of halogens is 1. The quantitative estimate of drug-likeness (QED) is 0.862. The number of aliphatic carboxylic acids is 1. The van der Waals surface area contributed by atoms with Crippen LogP contribution < -0.4 is 5.73 Å². The van der Waals surface area contributed by atoms with Crippen LogP contribution in [0.3, 0.4) is 0 Å². The van der Waals surface area contributed by atoms with Crippen LogP contribution in [0.4, 0.5) is 10.3 Å². The Hall–Kier alpha value is -2.24. The highest BCUT2D eigenvalue weighted by molar-refractivity contribution is 5.82. The molecule has 94 valence electrons. The van der Waals surface area contributed by atoms with E-state index in [1.807, 2.05) is 0 Å². The molecular weight excluding hydrogens is 237 g/mol. The minimum absolute atomic E-state index is 0.0571. The van der Waals surface area contributed by atoms with Crippen molar-refractivity contribution in [3.05, 3.63) is 29.7 Å². The van der Waals surface area contributed by atoms with Gasteiger partial charge >= 0.3 is 5.97 Å². The molecule has 0 spiro atoms. The van der Waals surface area contributed by atoms with Crippen LogP contribution >= 0.6 is 0 Å². The fraction of sp³-hybridized carbons (Fsp3) is 0.250. The van der Waals surface area contributed by atoms with Crippen LogP contribution in [0, 0.1) is 11.7 Å². The summed E-state index contributed by atoms with van der Waals surface area (Å²) in [6, 6.07) is 4.06. The average Bonchev–Trinajstić information content (AvgIpc) is 2.29. The van der Waals surface area contributed by atoms with Crippen LogP contribution in [0.1, 0.15) is 12.6 Å². The van der Waals surface area contributed by atoms with E-state index in [4.69, 9.17) is 10.8 Å². The number of benzene rings is 1. The van der Waals surface area contributed by atoms with E-state index in [2.05, 4.69) is 9.97 Å². The molecule has 1 aromatic heterocycles. The Labute approximate surface area is 102 Å². The fourth-order valence-corrected chi connectivity index (χ4v) is 1.72. The van der Waals surface area contributed by atoms with Gasteiger partial charge < -0.3 is 10.8 Å². The van der Waals surface area contributed by atoms with Gasteiger partial charge in [-0.05, 0) is 18.2 Å². The molecule has 0 aliphatic carbocycles. The number of fused-ring (bicyclic) bond motifs is 1. The van der Waals surface area contributed by atoms with Crippen molar-refractivity contribution in [3.63, 3.8) is 0 Å². The van der Waals surface area contributed by atoms with Crippen molar-refractivity contribution in [3.8, 4) is 0 Å². The standard InChI is InChI=1S/C12H12FN3O2/c1-6(11(17)18)4-10-8-5-7(13)2-3-9(8)15-12(14)16-10/h2-3,5-6H,4H2,1H3,(H,17,18)(H2,14,15,16). The summed E-state index contributed by atoms with van der Waals surface area (Å²) >= 11 is 0. The van der Waals surface area contributed by atoms with Gasteiger partial charge in [-0.2, -0.15) is 0 Å². The third-order valence-corrected chi connectivity index (χ3v) is 2.68. The number of carbonyl (C=O) groups is 1. The third-order valence-electron chi connectivity index (χ3n) is 2.68. The molecule has 0 saturated heterocycles. The van der Waals surface area contributed by atoms with Gasteiger partial charge in [0.1, 0.15) is 5.82 Å². The molecule has 0 bridgehead atoms. The van der Waals surface area contributed by atoms with Crippen LogP contribution in [-0.2, 0) is 11.2 Å². The lowest BCUT2D eigenvalue weighted by Gasteiger charge is -2.09. The van der Waals surface area contributed by atoms with E-state index in [-0.39, 0.29) is 12.4 Å². The van der Waals surface area contributed by atoms with Gasteiger partial charge in [0.25, 0.3) is 0 Å². The van der Waals surface area contributed by atoms with Crippen LogP contribution in [0.5, 0.6) is 0 Å². The summed E-state index contributed by atoms with van der Waals surface area (Å²) in [6.07, 6.45) is 0.183. The number of nitrogens with zero attached hydrogens (tertiary/aromatic N) is 2. The van der Waals surface area contributed by atoms with E-state index in [1.165, 1.54) is 18.2 Å². The molecule has 1 heterocycles. The van der Waals surface area contributed by atoms with E-state index in [9.17, 15) is 9.18 Å². The molecule has 0 fully saturated rings. The zero-order valence-corrected chi connectivity index (χ0v) is 9.72. The first-order chi connectivity index (χ1) is 8.47. The molecule has 6 heteroatoms. The fourth-order valence-electron chi connectivity index (χ4n) is 1.72. The summed E-state index contributed by atoms with van der Waals surface area (Å²) in [4.78, 5) is 18.8. The maximum Gasteiger partial charge on any atom is 0.306 e. The van der Waals surface area contributed by atoms with Crippen molar-refractivity contribution in [1.82, 2.24) is 9.97 Å². The monoisotopic (exact) mass is 249 g/mol. The van der Waals surface area contributed by atoms with E-state index < -0.39 is 17.7 Å². The topological polar surface area (TPSA) is 89.1 Å². The third kappa shape index (κ3) is 2.37. The van der Waals surface area contributed by atoms with Crippen molar-refractivity contribution in [2.75, 3.05) is 5.73 Å². The first-order valence-electron chi connectivity index (χ1n) is 5.42. The van der Waals surface area contributed by atoms with Crippen molar-refractivity contribution >= 4 is 22.8 Å². The molecule has 0 amide bonds. The van der Waals surface area contributed by atoms with E-state index in [1.54, 1.807) is 6.92 Å². The molecule has 1 atom stereocenters. The van der Waals surface area contributed by atoms with Crippen molar-refractivity contribution in [2.45, 2.75) is 13.3 Å². The highest BCUT2D eigenvalue weighted by Crippen LogP contribution is 2.20. The molecule has 0 aliphatic rings. The maximum atomic E-state index is 13.2. The van der Waals surface area contributed by atoms with E-state index in [0.29, 0.717) is 16.6 Å². The Morgan fingerprint density at radius 2 is 2.22 bits per heavy atom. The van der Waals surface area contributed by atoms with Gasteiger partial charge in [-0.25, -0.2) is 14.4 Å². The van der Waals surface area contributed by atoms with Gasteiger partial charge in [0.15, 0.2) is 0 Å². The number of carboxylic acids is 1. The van der Waals surface area contributed by atoms with Crippen LogP contribution in [0.2, 0.25) is 0 Å². The van der Waals surface area contributed by atoms with E-state index in [0.717, 1.165) is 0 Å². The largest absolute Gasteiger partial charge is 0.481 e. The number of nitrogens with two attached hydrogens (primary N) is 1. The Bertz CT molecular complexity index is 616. The lowest BCUT2D eigenvalue weighted by Crippen LogP contribution is -2.14. The van der Waals surface area contributed by atoms with E-state index >= 15 is 0 Å². The van der Waals surface area contributed by atoms with Gasteiger partial charge in [-0.15, -0.1) is 0 Å². The zero-order valence-electron chi connectivity index (χ0n) is 9.72. The molecule has 0 saturated carbocycles. The van der Waals surface area contributed by atoms with Gasteiger partial charge in [0.05, 0.1) is 17.1 Å². The first kappa shape index (κ1) is 12.2. The predicted molar refractivity (Wildman–Crippen MR) is 64.4 cm³/mol. The summed E-state index contributed by atoms with van der Waals surface area (Å²) in [5, 5.41) is 9.39. The van der Waals surface area contributed by atoms with Gasteiger partial charge in [0.2, 0.25) is 5.95 Å². The number of carboxylic acid groups (broad SMARTS) is 1. The molecule has 1 aromatic carbocycles. The summed E-state index contributed by atoms with van der Waals surface area (Å²) in [6.45, 7) is 1.56. The normalized spacial score (nSPS) is 12.6. The molecule has 0 radical (unpaired) electrons. The highest BCUT2D eigenvalue weighted by Gasteiger charge is 2.16. The number of rotatable bonds is 3. The predicted octanol–water partition coefficient (Wildman–Crippen LogP) is 1.61. The zero-order chi connectivity index (χ0) is 13.3. The summed E-state index contributed by atoms with van der Waals surface area (Å²) in [5.41, 5.74) is 6.51. The summed E-state index contributed by atoms with van der Waals surface area (Å²) in [5.74, 6) is -1.91. The Morgan fingerprint density at radius 3 is 2.89 bits per heavy atom. The number of hydrogen-bond donors (Lipinski definition) is 2. The molecule has 3 N–H and O–H groups in total. The number of nitrogen functional groups attached to an aromatic ring is 1. The Balaban J connectivity index is 2.54. The lowest BCUT2D eigenvalue weighted by molar-refractivity contribution is -0.141. The second-order valence-electron chi connectivity index (χ2n) is 4.13. The molecule has 2 rings (SSSR count). The smallest absolute Gasteiger partial charge is 0.306 e. The van der Waals surface area contributed by atoms with Gasteiger partial charge in [0, 0.05) is 11.8 Å². The van der Waals surface area contributed by atoms with Crippen molar-refractivity contribution in [1.29, 1.82) is 0 Å². The minimum atomic E-state index is -0.934. The maximum absolute atomic E-state index is 13.2. The molecular formula is C12H12FN3O2. The van der Waals surface area contributed by atoms with Gasteiger partial charge in [-0.3, -0.25) is 4.79 Å². The lowest BCUT2D eigenvalue weighted by atomic mass is 10.0. The highest BCUT2D eigenvalue weighted by atomic mass is 19.1. The molecule has 1 unspecified atom stereocenters. The number of hydrogen-bond acceptors (Lipinski definition) is 4. The average molecular weight is 249 g/mol. The molecule has 0 aliphatic heterocycles. The van der Waals surface area contributed by atoms with Crippen LogP contribution in [0.15, 0.2) is 18.2 Å². The SMILES string of the molecule is CC(Cc1nc(N)nc2ccc(F)cc12)C(=O)O. The Morgan fingerprint density at radius 1 is 1.50 bits per heavy atom. The second kappa shape index (κ2) is 4.56.